The highest BCUT2D eigenvalue weighted by Gasteiger charge is 2.62. The number of carbonyl (C=O) groups is 1. The van der Waals surface area contributed by atoms with Gasteiger partial charge in [-0.25, -0.2) is 14.4 Å². The van der Waals surface area contributed by atoms with Crippen LogP contribution in [0.3, 0.4) is 0 Å². The van der Waals surface area contributed by atoms with E-state index in [1.807, 2.05) is 13.8 Å². The van der Waals surface area contributed by atoms with E-state index in [0.717, 1.165) is 18.9 Å². The van der Waals surface area contributed by atoms with Crippen LogP contribution in [0.1, 0.15) is 67.2 Å². The number of aryl methyl sites for hydroxylation is 1. The first-order valence-electron chi connectivity index (χ1n) is 12.8. The molecule has 0 aromatic carbocycles. The molecule has 0 radical (unpaired) electrons. The van der Waals surface area contributed by atoms with Gasteiger partial charge in [0.1, 0.15) is 17.0 Å². The largest absolute Gasteiger partial charge is 0.418 e. The van der Waals surface area contributed by atoms with Crippen LogP contribution in [0.25, 0.3) is 22.2 Å². The third-order valence-electron chi connectivity index (χ3n) is 8.07. The third-order valence-corrected chi connectivity index (χ3v) is 8.07. The molecule has 4 atom stereocenters. The number of nitrogen functional groups attached to an aromatic ring is 1. The van der Waals surface area contributed by atoms with Gasteiger partial charge in [-0.2, -0.15) is 18.3 Å². The average Bonchev–Trinajstić information content (AvgIpc) is 3.72. The molecule has 1 amide bonds. The third kappa shape index (κ3) is 3.67. The van der Waals surface area contributed by atoms with Gasteiger partial charge in [0.05, 0.1) is 34.7 Å². The van der Waals surface area contributed by atoms with E-state index in [1.54, 1.807) is 11.7 Å². The second-order valence-corrected chi connectivity index (χ2v) is 10.9. The topological polar surface area (TPSA) is 111 Å². The molecule has 38 heavy (non-hydrogen) atoms. The molecule has 2 saturated carbocycles. The van der Waals surface area contributed by atoms with Crippen LogP contribution in [0.4, 0.5) is 23.4 Å². The lowest BCUT2D eigenvalue weighted by Gasteiger charge is -2.18. The Hall–Kier alpha value is -3.28. The number of amides is 1. The number of carbonyl (C=O) groups excluding carboxylic acids is 1. The molecule has 3 fully saturated rings. The normalized spacial score (nSPS) is 24.8. The molecule has 6 rings (SSSR count). The number of aromatic nitrogens is 4. The standard InChI is InChI=1S/C26H29F4N7O/c1-9(2)20-17-22(15-13-8-33-23(16(13)15)25(38)32-4)36-37(11-5-6-11)24(17)19(27)21(35-20)12-7-14(31)34-10(3)18(12)26(28,29)30/h7,9,11,13,15-16,23,33H,5-6,8H2,1-4H3,(H2,31,34)(H,32,38)/t13-,15-,16-,23+/m1/s1. The SMILES string of the molecule is CNC(=O)[C@H]1NC[C@@H]2[C@@H](c3nn(C4CC4)c4c(F)c(-c5cc(N)nc(C)c5C(F)(F)F)nc(C(C)C)c34)[C@@H]21. The summed E-state index contributed by atoms with van der Waals surface area (Å²) < 4.78 is 60.6. The van der Waals surface area contributed by atoms with Crippen molar-refractivity contribution in [1.82, 2.24) is 30.4 Å². The number of nitrogens with two attached hydrogens (primary N) is 1. The van der Waals surface area contributed by atoms with Gasteiger partial charge in [0.25, 0.3) is 0 Å². The summed E-state index contributed by atoms with van der Waals surface area (Å²) in [4.78, 5) is 20.8. The number of likely N-dealkylation sites (N-methyl/N-ethyl adjacent to an activating group) is 1. The van der Waals surface area contributed by atoms with Crippen LogP contribution in [0.15, 0.2) is 6.07 Å². The minimum absolute atomic E-state index is 0.0166. The molecule has 1 saturated heterocycles. The van der Waals surface area contributed by atoms with E-state index in [2.05, 4.69) is 20.6 Å². The molecular formula is C26H29F4N7O. The van der Waals surface area contributed by atoms with Gasteiger partial charge in [-0.1, -0.05) is 13.8 Å². The lowest BCUT2D eigenvalue weighted by atomic mass is 9.96. The number of piperidine rings is 1. The van der Waals surface area contributed by atoms with Crippen molar-refractivity contribution >= 4 is 22.6 Å². The van der Waals surface area contributed by atoms with Gasteiger partial charge in [-0.15, -0.1) is 0 Å². The zero-order valence-electron chi connectivity index (χ0n) is 21.4. The fraction of sp³-hybridized carbons (Fsp3) is 0.538. The van der Waals surface area contributed by atoms with Crippen LogP contribution in [0.2, 0.25) is 0 Å². The number of halogens is 4. The minimum Gasteiger partial charge on any atom is -0.384 e. The monoisotopic (exact) mass is 531 g/mol. The second kappa shape index (κ2) is 8.36. The maximum Gasteiger partial charge on any atom is 0.418 e. The number of pyridine rings is 2. The van der Waals surface area contributed by atoms with Crippen LogP contribution in [-0.4, -0.2) is 45.3 Å². The number of fused-ring (bicyclic) bond motifs is 2. The zero-order chi connectivity index (χ0) is 27.3. The minimum atomic E-state index is -4.78. The number of hydrogen-bond donors (Lipinski definition) is 3. The molecule has 8 nitrogen and oxygen atoms in total. The van der Waals surface area contributed by atoms with Gasteiger partial charge in [0.2, 0.25) is 5.91 Å². The maximum absolute atomic E-state index is 16.5. The van der Waals surface area contributed by atoms with Crippen molar-refractivity contribution in [3.63, 3.8) is 0 Å². The Morgan fingerprint density at radius 3 is 2.58 bits per heavy atom. The molecule has 12 heteroatoms. The summed E-state index contributed by atoms with van der Waals surface area (Å²) in [5.74, 6) is -1.20. The van der Waals surface area contributed by atoms with E-state index in [1.165, 1.54) is 6.92 Å². The summed E-state index contributed by atoms with van der Waals surface area (Å²) in [7, 11) is 1.59. The van der Waals surface area contributed by atoms with Crippen molar-refractivity contribution in [2.24, 2.45) is 11.8 Å². The quantitative estimate of drug-likeness (QED) is 0.429. The van der Waals surface area contributed by atoms with Crippen molar-refractivity contribution in [3.8, 4) is 11.3 Å². The van der Waals surface area contributed by atoms with Crippen molar-refractivity contribution < 1.29 is 22.4 Å². The first-order chi connectivity index (χ1) is 17.9. The summed E-state index contributed by atoms with van der Waals surface area (Å²) >= 11 is 0. The van der Waals surface area contributed by atoms with E-state index in [4.69, 9.17) is 10.8 Å². The Morgan fingerprint density at radius 1 is 1.26 bits per heavy atom. The molecule has 2 aliphatic carbocycles. The number of rotatable bonds is 5. The number of nitrogens with zero attached hydrogens (tertiary/aromatic N) is 4. The van der Waals surface area contributed by atoms with Crippen LogP contribution in [0, 0.1) is 24.6 Å². The van der Waals surface area contributed by atoms with Gasteiger partial charge >= 0.3 is 6.18 Å². The fourth-order valence-electron chi connectivity index (χ4n) is 6.23. The van der Waals surface area contributed by atoms with E-state index >= 15 is 4.39 Å². The Morgan fingerprint density at radius 2 is 1.97 bits per heavy atom. The first kappa shape index (κ1) is 25.0. The van der Waals surface area contributed by atoms with Gasteiger partial charge in [0.15, 0.2) is 5.82 Å². The highest BCUT2D eigenvalue weighted by Crippen LogP contribution is 2.60. The lowest BCUT2D eigenvalue weighted by molar-refractivity contribution is -0.137. The molecular weight excluding hydrogens is 502 g/mol. The van der Waals surface area contributed by atoms with E-state index in [0.29, 0.717) is 23.3 Å². The molecule has 0 unspecified atom stereocenters. The highest BCUT2D eigenvalue weighted by molar-refractivity contribution is 5.91. The predicted molar refractivity (Wildman–Crippen MR) is 133 cm³/mol. The Bertz CT molecular complexity index is 1480. The molecule has 202 valence electrons. The van der Waals surface area contributed by atoms with Crippen molar-refractivity contribution in [2.75, 3.05) is 19.3 Å². The first-order valence-corrected chi connectivity index (χ1v) is 12.8. The molecule has 3 aromatic heterocycles. The second-order valence-electron chi connectivity index (χ2n) is 10.9. The van der Waals surface area contributed by atoms with Gasteiger partial charge in [-0.05, 0) is 50.1 Å². The lowest BCUT2D eigenvalue weighted by Crippen LogP contribution is -2.42. The van der Waals surface area contributed by atoms with Crippen LogP contribution in [0.5, 0.6) is 0 Å². The Labute approximate surface area is 216 Å². The number of anilines is 1. The molecule has 0 spiro atoms. The van der Waals surface area contributed by atoms with Crippen molar-refractivity contribution in [3.05, 3.63) is 34.5 Å². The zero-order valence-corrected chi connectivity index (χ0v) is 21.4. The molecule has 3 aromatic rings. The van der Waals surface area contributed by atoms with Crippen molar-refractivity contribution in [1.29, 1.82) is 0 Å². The summed E-state index contributed by atoms with van der Waals surface area (Å²) in [6.45, 7) is 5.60. The Balaban J connectivity index is 1.61. The summed E-state index contributed by atoms with van der Waals surface area (Å²) in [5.41, 5.74) is 4.94. The van der Waals surface area contributed by atoms with Crippen LogP contribution in [-0.2, 0) is 11.0 Å². The number of hydrogen-bond acceptors (Lipinski definition) is 6. The molecule has 4 N–H and O–H groups in total. The molecule has 0 bridgehead atoms. The van der Waals surface area contributed by atoms with Crippen LogP contribution >= 0.6 is 0 Å². The smallest absolute Gasteiger partial charge is 0.384 e. The molecule has 4 heterocycles. The highest BCUT2D eigenvalue weighted by atomic mass is 19.4. The predicted octanol–water partition coefficient (Wildman–Crippen LogP) is 4.05. The molecule has 1 aliphatic heterocycles. The maximum atomic E-state index is 16.5. The van der Waals surface area contributed by atoms with Gasteiger partial charge in [-0.3, -0.25) is 9.48 Å². The van der Waals surface area contributed by atoms with Crippen molar-refractivity contribution in [2.45, 2.75) is 63.7 Å². The van der Waals surface area contributed by atoms with Gasteiger partial charge < -0.3 is 16.4 Å². The summed E-state index contributed by atoms with van der Waals surface area (Å²) in [5, 5.41) is 11.4. The Kier molecular flexibility index (Phi) is 5.50. The summed E-state index contributed by atoms with van der Waals surface area (Å²) in [6.07, 6.45) is -3.17. The van der Waals surface area contributed by atoms with Gasteiger partial charge in [0, 0.05) is 23.9 Å². The van der Waals surface area contributed by atoms with E-state index in [-0.39, 0.29) is 58.7 Å². The molecule has 3 aliphatic rings. The van der Waals surface area contributed by atoms with Crippen LogP contribution < -0.4 is 16.4 Å². The number of alkyl halides is 3. The fourth-order valence-corrected chi connectivity index (χ4v) is 6.23. The summed E-state index contributed by atoms with van der Waals surface area (Å²) in [6, 6.07) is 0.641. The van der Waals surface area contributed by atoms with E-state index in [9.17, 15) is 18.0 Å². The average molecular weight is 532 g/mol. The van der Waals surface area contributed by atoms with E-state index < -0.39 is 28.8 Å². The number of nitrogens with one attached hydrogen (secondary N) is 2.